The number of nitrogens with zero attached hydrogens (tertiary/aromatic N) is 2. The number of amides is 2. The minimum atomic E-state index is -0.234. The molecule has 1 saturated heterocycles. The monoisotopic (exact) mass is 403 g/mol. The molecule has 1 fully saturated rings. The van der Waals surface area contributed by atoms with Crippen LogP contribution in [0.3, 0.4) is 0 Å². The van der Waals surface area contributed by atoms with E-state index in [9.17, 15) is 9.59 Å². The largest absolute Gasteiger partial charge is 0.450 e. The van der Waals surface area contributed by atoms with Gasteiger partial charge in [-0.25, -0.2) is 9.79 Å². The zero-order chi connectivity index (χ0) is 21.1. The highest BCUT2D eigenvalue weighted by Crippen LogP contribution is 2.12. The van der Waals surface area contributed by atoms with Crippen molar-refractivity contribution in [3.63, 3.8) is 0 Å². The molecule has 1 heterocycles. The Morgan fingerprint density at radius 1 is 1.07 bits per heavy atom. The summed E-state index contributed by atoms with van der Waals surface area (Å²) in [4.78, 5) is 30.1. The zero-order valence-electron chi connectivity index (χ0n) is 17.7. The van der Waals surface area contributed by atoms with E-state index in [1.54, 1.807) is 4.90 Å². The number of piperidine rings is 1. The summed E-state index contributed by atoms with van der Waals surface area (Å²) in [6.45, 7) is 9.40. The van der Waals surface area contributed by atoms with Gasteiger partial charge in [0.1, 0.15) is 0 Å². The predicted molar refractivity (Wildman–Crippen MR) is 114 cm³/mol. The molecule has 1 aliphatic rings. The Hall–Kier alpha value is -2.77. The Morgan fingerprint density at radius 2 is 1.72 bits per heavy atom. The summed E-state index contributed by atoms with van der Waals surface area (Å²) in [7, 11) is 0. The van der Waals surface area contributed by atoms with Gasteiger partial charge in [-0.15, -0.1) is 0 Å². The van der Waals surface area contributed by atoms with Crippen molar-refractivity contribution in [2.24, 2.45) is 4.99 Å². The fraction of sp³-hybridized carbons (Fsp3) is 0.571. The van der Waals surface area contributed by atoms with E-state index in [-0.39, 0.29) is 18.0 Å². The average molecular weight is 404 g/mol. The van der Waals surface area contributed by atoms with Crippen LogP contribution in [-0.2, 0) is 11.3 Å². The molecule has 2 amide bonds. The number of aliphatic imine (C=N–C) groups is 1. The standard InChI is InChI=1S/C21H33N5O3/c1-4-22-19(27)17-9-7-16(8-10-17)15-24-20(23-5-2)25-18-11-13-26(14-12-18)21(28)29-6-3/h7-10,18H,4-6,11-15H2,1-3H3,(H,22,27)(H2,23,24,25). The third-order valence-electron chi connectivity index (χ3n) is 4.68. The van der Waals surface area contributed by atoms with Gasteiger partial charge in [0.05, 0.1) is 13.2 Å². The Labute approximate surface area is 173 Å². The molecular formula is C21H33N5O3. The molecule has 0 atom stereocenters. The van der Waals surface area contributed by atoms with Gasteiger partial charge in [0, 0.05) is 37.8 Å². The maximum absolute atomic E-state index is 11.8. The van der Waals surface area contributed by atoms with Gasteiger partial charge >= 0.3 is 6.09 Å². The number of carbonyl (C=O) groups is 2. The highest BCUT2D eigenvalue weighted by Gasteiger charge is 2.24. The van der Waals surface area contributed by atoms with Crippen molar-refractivity contribution >= 4 is 18.0 Å². The summed E-state index contributed by atoms with van der Waals surface area (Å²) in [5, 5.41) is 9.52. The number of benzene rings is 1. The van der Waals surface area contributed by atoms with Crippen LogP contribution in [0.4, 0.5) is 4.79 Å². The van der Waals surface area contributed by atoms with E-state index < -0.39 is 0 Å². The number of nitrogens with one attached hydrogen (secondary N) is 3. The molecule has 3 N–H and O–H groups in total. The number of likely N-dealkylation sites (tertiary alicyclic amines) is 1. The molecule has 0 bridgehead atoms. The van der Waals surface area contributed by atoms with Crippen LogP contribution < -0.4 is 16.0 Å². The summed E-state index contributed by atoms with van der Waals surface area (Å²) < 4.78 is 5.07. The zero-order valence-corrected chi connectivity index (χ0v) is 17.7. The highest BCUT2D eigenvalue weighted by molar-refractivity contribution is 5.94. The lowest BCUT2D eigenvalue weighted by Crippen LogP contribution is -2.49. The molecule has 1 aromatic carbocycles. The van der Waals surface area contributed by atoms with Crippen LogP contribution in [0.2, 0.25) is 0 Å². The highest BCUT2D eigenvalue weighted by atomic mass is 16.6. The van der Waals surface area contributed by atoms with Crippen LogP contribution in [0.1, 0.15) is 49.5 Å². The predicted octanol–water partition coefficient (Wildman–Crippen LogP) is 2.11. The summed E-state index contributed by atoms with van der Waals surface area (Å²) in [6, 6.07) is 7.76. The molecule has 2 rings (SSSR count). The normalized spacial score (nSPS) is 15.0. The topological polar surface area (TPSA) is 95.1 Å². The van der Waals surface area contributed by atoms with Crippen molar-refractivity contribution in [1.29, 1.82) is 0 Å². The van der Waals surface area contributed by atoms with Crippen LogP contribution in [-0.4, -0.2) is 61.7 Å². The molecule has 0 aliphatic carbocycles. The first-order valence-corrected chi connectivity index (χ1v) is 10.4. The van der Waals surface area contributed by atoms with Crippen molar-refractivity contribution < 1.29 is 14.3 Å². The van der Waals surface area contributed by atoms with Crippen LogP contribution in [0.5, 0.6) is 0 Å². The van der Waals surface area contributed by atoms with Gasteiger partial charge in [-0.05, 0) is 51.3 Å². The second kappa shape index (κ2) is 11.9. The lowest BCUT2D eigenvalue weighted by Gasteiger charge is -2.32. The lowest BCUT2D eigenvalue weighted by atomic mass is 10.1. The molecule has 0 unspecified atom stereocenters. The van der Waals surface area contributed by atoms with Crippen LogP contribution in [0.15, 0.2) is 29.3 Å². The number of hydrogen-bond donors (Lipinski definition) is 3. The molecule has 8 heteroatoms. The quantitative estimate of drug-likeness (QED) is 0.479. The first kappa shape index (κ1) is 22.5. The first-order valence-electron chi connectivity index (χ1n) is 10.4. The van der Waals surface area contributed by atoms with E-state index in [0.717, 1.165) is 30.9 Å². The van der Waals surface area contributed by atoms with Crippen molar-refractivity contribution in [3.8, 4) is 0 Å². The van der Waals surface area contributed by atoms with E-state index >= 15 is 0 Å². The molecule has 0 spiro atoms. The van der Waals surface area contributed by atoms with E-state index in [4.69, 9.17) is 4.74 Å². The van der Waals surface area contributed by atoms with Crippen molar-refractivity contribution in [1.82, 2.24) is 20.9 Å². The van der Waals surface area contributed by atoms with Gasteiger partial charge in [0.2, 0.25) is 0 Å². The smallest absolute Gasteiger partial charge is 0.409 e. The molecule has 29 heavy (non-hydrogen) atoms. The molecule has 160 valence electrons. The number of rotatable bonds is 7. The van der Waals surface area contributed by atoms with Gasteiger partial charge in [-0.2, -0.15) is 0 Å². The summed E-state index contributed by atoms with van der Waals surface area (Å²) in [6.07, 6.45) is 1.47. The summed E-state index contributed by atoms with van der Waals surface area (Å²) in [5.74, 6) is 0.696. The maximum atomic E-state index is 11.8. The third kappa shape index (κ3) is 7.29. The lowest BCUT2D eigenvalue weighted by molar-refractivity contribution is 0.0950. The Kier molecular flexibility index (Phi) is 9.27. The van der Waals surface area contributed by atoms with E-state index in [0.29, 0.717) is 38.3 Å². The molecule has 8 nitrogen and oxygen atoms in total. The number of carbonyl (C=O) groups excluding carboxylic acids is 2. The van der Waals surface area contributed by atoms with Gasteiger partial charge < -0.3 is 25.6 Å². The first-order chi connectivity index (χ1) is 14.1. The Balaban J connectivity index is 1.88. The van der Waals surface area contributed by atoms with E-state index in [1.807, 2.05) is 45.0 Å². The van der Waals surface area contributed by atoms with Gasteiger partial charge in [-0.3, -0.25) is 4.79 Å². The average Bonchev–Trinajstić information content (AvgIpc) is 2.73. The minimum absolute atomic E-state index is 0.0632. The second-order valence-electron chi connectivity index (χ2n) is 6.86. The van der Waals surface area contributed by atoms with E-state index in [1.165, 1.54) is 0 Å². The third-order valence-corrected chi connectivity index (χ3v) is 4.68. The minimum Gasteiger partial charge on any atom is -0.450 e. The van der Waals surface area contributed by atoms with Crippen molar-refractivity contribution in [3.05, 3.63) is 35.4 Å². The molecule has 0 saturated carbocycles. The molecule has 1 aliphatic heterocycles. The molecular weight excluding hydrogens is 370 g/mol. The Bertz CT molecular complexity index is 682. The van der Waals surface area contributed by atoms with Crippen molar-refractivity contribution in [2.45, 2.75) is 46.2 Å². The summed E-state index contributed by atoms with van der Waals surface area (Å²) >= 11 is 0. The van der Waals surface area contributed by atoms with Crippen molar-refractivity contribution in [2.75, 3.05) is 32.8 Å². The molecule has 0 radical (unpaired) electrons. The van der Waals surface area contributed by atoms with Gasteiger partial charge in [0.25, 0.3) is 5.91 Å². The fourth-order valence-electron chi connectivity index (χ4n) is 3.13. The SMILES string of the molecule is CCNC(=O)c1ccc(CN=C(NCC)NC2CCN(C(=O)OCC)CC2)cc1. The molecule has 1 aromatic rings. The Morgan fingerprint density at radius 3 is 2.31 bits per heavy atom. The number of hydrogen-bond acceptors (Lipinski definition) is 4. The van der Waals surface area contributed by atoms with Crippen LogP contribution in [0, 0.1) is 0 Å². The molecule has 0 aromatic heterocycles. The fourth-order valence-corrected chi connectivity index (χ4v) is 3.13. The second-order valence-corrected chi connectivity index (χ2v) is 6.86. The number of ether oxygens (including phenoxy) is 1. The van der Waals surface area contributed by atoms with E-state index in [2.05, 4.69) is 20.9 Å². The maximum Gasteiger partial charge on any atom is 0.409 e. The van der Waals surface area contributed by atoms with Crippen LogP contribution in [0.25, 0.3) is 0 Å². The number of guanidine groups is 1. The van der Waals surface area contributed by atoms with Crippen LogP contribution >= 0.6 is 0 Å². The van der Waals surface area contributed by atoms with Gasteiger partial charge in [-0.1, -0.05) is 12.1 Å². The summed E-state index contributed by atoms with van der Waals surface area (Å²) in [5.41, 5.74) is 1.69. The van der Waals surface area contributed by atoms with Gasteiger partial charge in [0.15, 0.2) is 5.96 Å².